The van der Waals surface area contributed by atoms with Crippen LogP contribution >= 0.6 is 0 Å². The van der Waals surface area contributed by atoms with Gasteiger partial charge in [0.25, 0.3) is 5.69 Å². The van der Waals surface area contributed by atoms with Crippen LogP contribution in [-0.4, -0.2) is 97.8 Å². The maximum absolute atomic E-state index is 13.8. The number of β-amino-alcohol motifs (C(OH)–C–C–N with tert-alkyl or cyclic N) is 1. The van der Waals surface area contributed by atoms with E-state index in [1.807, 2.05) is 13.8 Å². The van der Waals surface area contributed by atoms with Gasteiger partial charge in [-0.1, -0.05) is 24.3 Å². The molecule has 0 fully saturated rings. The fourth-order valence-corrected chi connectivity index (χ4v) is 5.60. The molecule has 2 aromatic rings. The average Bonchev–Trinajstić information content (AvgIpc) is 3.09. The highest BCUT2D eigenvalue weighted by Gasteiger charge is 2.40. The van der Waals surface area contributed by atoms with E-state index in [9.17, 15) is 29.6 Å². The van der Waals surface area contributed by atoms with Crippen LogP contribution in [0.2, 0.25) is 0 Å². The number of carbonyl (C=O) groups is 3. The van der Waals surface area contributed by atoms with Crippen molar-refractivity contribution in [2.45, 2.75) is 59.1 Å². The van der Waals surface area contributed by atoms with Gasteiger partial charge in [-0.25, -0.2) is 14.4 Å². The fraction of sp³-hybridized carbons (Fsp3) is 0.472. The maximum Gasteiger partial charge on any atom is 0.410 e. The van der Waals surface area contributed by atoms with Gasteiger partial charge in [0, 0.05) is 42.2 Å². The van der Waals surface area contributed by atoms with Crippen molar-refractivity contribution in [1.82, 2.24) is 15.5 Å². The number of hydrogen-bond donors (Lipinski definition) is 3. The van der Waals surface area contributed by atoms with E-state index in [2.05, 4.69) is 10.6 Å². The molecule has 1 heterocycles. The van der Waals surface area contributed by atoms with Crippen LogP contribution in [-0.2, 0) is 23.8 Å². The number of nitrogens with one attached hydrogen (secondary N) is 2. The number of esters is 2. The zero-order valence-corrected chi connectivity index (χ0v) is 30.1. The summed E-state index contributed by atoms with van der Waals surface area (Å²) < 4.78 is 27.2. The monoisotopic (exact) mass is 712 g/mol. The summed E-state index contributed by atoms with van der Waals surface area (Å²) in [6.45, 7) is 10.2. The molecule has 0 saturated carbocycles. The van der Waals surface area contributed by atoms with Crippen LogP contribution in [0.4, 0.5) is 10.5 Å². The molecule has 1 aliphatic heterocycles. The molecule has 0 saturated heterocycles. The number of para-hydroxylation sites is 2. The second-order valence-electron chi connectivity index (χ2n) is 12.2. The molecular weight excluding hydrogens is 664 g/mol. The number of nitrogens with zero attached hydrogens (tertiary/aromatic N) is 2. The number of aliphatic hydroxyl groups excluding tert-OH is 1. The van der Waals surface area contributed by atoms with Gasteiger partial charge in [0.1, 0.15) is 12.7 Å². The van der Waals surface area contributed by atoms with Crippen molar-refractivity contribution in [3.8, 4) is 11.5 Å². The van der Waals surface area contributed by atoms with Gasteiger partial charge in [-0.05, 0) is 59.2 Å². The molecule has 15 nitrogen and oxygen atoms in total. The Bertz CT molecular complexity index is 1620. The predicted molar refractivity (Wildman–Crippen MR) is 187 cm³/mol. The zero-order chi connectivity index (χ0) is 37.7. The number of non-ortho nitro benzene ring substituents is 1. The van der Waals surface area contributed by atoms with Crippen LogP contribution < -0.4 is 20.1 Å². The number of hydrogen-bond acceptors (Lipinski definition) is 13. The molecule has 1 amide bonds. The Balaban J connectivity index is 1.98. The van der Waals surface area contributed by atoms with Crippen molar-refractivity contribution in [2.24, 2.45) is 0 Å². The molecule has 2 aromatic carbocycles. The predicted octanol–water partition coefficient (Wildman–Crippen LogP) is 4.21. The van der Waals surface area contributed by atoms with Gasteiger partial charge < -0.3 is 44.3 Å². The Labute approximate surface area is 297 Å². The normalized spacial score (nSPS) is 15.0. The topological polar surface area (TPSA) is 188 Å². The van der Waals surface area contributed by atoms with E-state index in [4.69, 9.17) is 23.7 Å². The van der Waals surface area contributed by atoms with E-state index in [1.165, 1.54) is 30.2 Å². The second kappa shape index (κ2) is 18.7. The number of carbonyl (C=O) groups excluding carboxylic acids is 3. The molecule has 0 radical (unpaired) electrons. The van der Waals surface area contributed by atoms with Crippen molar-refractivity contribution >= 4 is 23.7 Å². The van der Waals surface area contributed by atoms with Crippen LogP contribution in [0.1, 0.15) is 53.0 Å². The molecule has 3 N–H and O–H groups in total. The third-order valence-electron chi connectivity index (χ3n) is 7.83. The summed E-state index contributed by atoms with van der Waals surface area (Å²) in [5.74, 6) is -1.63. The average molecular weight is 713 g/mol. The van der Waals surface area contributed by atoms with E-state index in [0.29, 0.717) is 17.2 Å². The minimum Gasteiger partial charge on any atom is -0.493 e. The number of nitro benzene ring substituents is 1. The summed E-state index contributed by atoms with van der Waals surface area (Å²) in [7, 11) is 1.53. The van der Waals surface area contributed by atoms with Crippen molar-refractivity contribution < 1.29 is 48.1 Å². The van der Waals surface area contributed by atoms with Crippen LogP contribution in [0.25, 0.3) is 0 Å². The molecule has 51 heavy (non-hydrogen) atoms. The number of aliphatic hydroxyl groups is 1. The number of dihydropyridines is 1. The number of rotatable bonds is 18. The molecule has 2 unspecified atom stereocenters. The Hall–Kier alpha value is -5.15. The molecule has 1 aliphatic rings. The SMILES string of the molecule is CCOC(=O)C1=C(C)NC(CN(CC(C)(C)NCC(O)COc2ccccc2OC)C(=O)OCC)=C(C(=O)OCC)C1c1cccc([N+](=O)[O-])c1. The first-order chi connectivity index (χ1) is 24.3. The molecule has 0 aromatic heterocycles. The van der Waals surface area contributed by atoms with Gasteiger partial charge in [-0.2, -0.15) is 0 Å². The first kappa shape index (κ1) is 40.3. The molecule has 15 heteroatoms. The highest BCUT2D eigenvalue weighted by Crippen LogP contribution is 2.40. The first-order valence-corrected chi connectivity index (χ1v) is 16.7. The van der Waals surface area contributed by atoms with Gasteiger partial charge in [0.2, 0.25) is 0 Å². The highest BCUT2D eigenvalue weighted by molar-refractivity contribution is 6.00. The summed E-state index contributed by atoms with van der Waals surface area (Å²) >= 11 is 0. The van der Waals surface area contributed by atoms with Gasteiger partial charge in [-0.15, -0.1) is 0 Å². The third kappa shape index (κ3) is 10.9. The van der Waals surface area contributed by atoms with Crippen LogP contribution in [0.5, 0.6) is 11.5 Å². The summed E-state index contributed by atoms with van der Waals surface area (Å²) in [5.41, 5.74) is -0.168. The van der Waals surface area contributed by atoms with Gasteiger partial charge in [0.05, 0.1) is 55.5 Å². The van der Waals surface area contributed by atoms with E-state index in [-0.39, 0.29) is 74.2 Å². The highest BCUT2D eigenvalue weighted by atomic mass is 16.6. The maximum atomic E-state index is 13.8. The first-order valence-electron chi connectivity index (χ1n) is 16.7. The van der Waals surface area contributed by atoms with Crippen LogP contribution in [0.3, 0.4) is 0 Å². The minimum absolute atomic E-state index is 0.00363. The van der Waals surface area contributed by atoms with Crippen molar-refractivity contribution in [3.05, 3.63) is 86.7 Å². The van der Waals surface area contributed by atoms with Gasteiger partial charge >= 0.3 is 18.0 Å². The minimum atomic E-state index is -1.13. The standard InChI is InChI=1S/C36H48N4O11/c1-8-48-33(42)30-23(4)38-27(32(34(43)49-9-2)31(30)24-14-13-15-25(18-24)40(45)46)20-39(35(44)50-10-3)22-36(5,6)37-19-26(41)21-51-29-17-12-11-16-28(29)47-7/h11-18,26,31,37-38,41H,8-10,19-22H2,1-7H3. The number of allylic oxidation sites excluding steroid dienone is 1. The molecule has 278 valence electrons. The molecule has 0 bridgehead atoms. The van der Waals surface area contributed by atoms with E-state index in [0.717, 1.165) is 0 Å². The summed E-state index contributed by atoms with van der Waals surface area (Å²) in [5, 5.41) is 28.8. The molecule has 3 rings (SSSR count). The number of methoxy groups -OCH3 is 1. The number of nitro groups is 1. The fourth-order valence-electron chi connectivity index (χ4n) is 5.60. The third-order valence-corrected chi connectivity index (χ3v) is 7.83. The molecule has 2 atom stereocenters. The largest absolute Gasteiger partial charge is 0.493 e. The van der Waals surface area contributed by atoms with Gasteiger partial charge in [-0.3, -0.25) is 10.1 Å². The quantitative estimate of drug-likeness (QED) is 0.0864. The second-order valence-corrected chi connectivity index (χ2v) is 12.2. The summed E-state index contributed by atoms with van der Waals surface area (Å²) in [4.78, 5) is 53.1. The van der Waals surface area contributed by atoms with E-state index in [1.54, 1.807) is 58.0 Å². The van der Waals surface area contributed by atoms with Gasteiger partial charge in [0.15, 0.2) is 11.5 Å². The van der Waals surface area contributed by atoms with Crippen LogP contribution in [0.15, 0.2) is 71.1 Å². The van der Waals surface area contributed by atoms with E-state index >= 15 is 0 Å². The lowest BCUT2D eigenvalue weighted by Crippen LogP contribution is -2.54. The zero-order valence-electron chi connectivity index (χ0n) is 30.1. The lowest BCUT2D eigenvalue weighted by atomic mass is 9.80. The summed E-state index contributed by atoms with van der Waals surface area (Å²) in [6, 6.07) is 12.7. The Kier molecular flexibility index (Phi) is 14.8. The van der Waals surface area contributed by atoms with Crippen LogP contribution in [0, 0.1) is 10.1 Å². The number of amides is 1. The van der Waals surface area contributed by atoms with Crippen molar-refractivity contribution in [1.29, 1.82) is 0 Å². The van der Waals surface area contributed by atoms with Crippen molar-refractivity contribution in [2.75, 3.05) is 53.2 Å². The lowest BCUT2D eigenvalue weighted by Gasteiger charge is -2.37. The number of benzene rings is 2. The summed E-state index contributed by atoms with van der Waals surface area (Å²) in [6.07, 6.45) is -1.61. The molecular formula is C36H48N4O11. The lowest BCUT2D eigenvalue weighted by molar-refractivity contribution is -0.384. The molecule has 0 spiro atoms. The van der Waals surface area contributed by atoms with Crippen molar-refractivity contribution in [3.63, 3.8) is 0 Å². The Morgan fingerprint density at radius 1 is 0.980 bits per heavy atom. The van der Waals surface area contributed by atoms with E-state index < -0.39 is 40.5 Å². The molecule has 0 aliphatic carbocycles. The Morgan fingerprint density at radius 3 is 2.22 bits per heavy atom. The number of ether oxygens (including phenoxy) is 5. The smallest absolute Gasteiger partial charge is 0.410 e. The Morgan fingerprint density at radius 2 is 1.61 bits per heavy atom.